The van der Waals surface area contributed by atoms with Gasteiger partial charge >= 0.3 is 0 Å². The highest BCUT2D eigenvalue weighted by molar-refractivity contribution is 7.27. The van der Waals surface area contributed by atoms with Crippen molar-refractivity contribution in [2.45, 2.75) is 64.7 Å². The van der Waals surface area contributed by atoms with Crippen LogP contribution >= 0.6 is 45.3 Å². The van der Waals surface area contributed by atoms with Gasteiger partial charge in [0.2, 0.25) is 0 Å². The number of carbonyl (C=O) groups is 2. The van der Waals surface area contributed by atoms with E-state index >= 15 is 0 Å². The summed E-state index contributed by atoms with van der Waals surface area (Å²) < 4.78 is 2.41. The van der Waals surface area contributed by atoms with E-state index in [1.54, 1.807) is 40.1 Å². The summed E-state index contributed by atoms with van der Waals surface area (Å²) in [6.07, 6.45) is 3.80. The molecule has 4 heterocycles. The Kier molecular flexibility index (Phi) is 14.4. The van der Waals surface area contributed by atoms with Crippen LogP contribution in [0.25, 0.3) is 79.2 Å². The van der Waals surface area contributed by atoms with Crippen molar-refractivity contribution in [3.63, 3.8) is 0 Å². The average Bonchev–Trinajstić information content (AvgIpc) is 1.50. The summed E-state index contributed by atoms with van der Waals surface area (Å²) in [7, 11) is 0. The first-order valence-corrected chi connectivity index (χ1v) is 36.4. The van der Waals surface area contributed by atoms with Gasteiger partial charge in [0.25, 0.3) is 0 Å². The number of aryl methyl sites for hydroxylation is 5. The number of hydrogen-bond donors (Lipinski definition) is 0. The fourth-order valence-corrected chi connectivity index (χ4v) is 21.1. The summed E-state index contributed by atoms with van der Waals surface area (Å²) in [5, 5.41) is 42.8. The van der Waals surface area contributed by atoms with Gasteiger partial charge < -0.3 is 0 Å². The van der Waals surface area contributed by atoms with Crippen molar-refractivity contribution in [3.05, 3.63) is 334 Å². The van der Waals surface area contributed by atoms with E-state index in [4.69, 9.17) is 0 Å². The number of ketones is 2. The van der Waals surface area contributed by atoms with E-state index in [1.165, 1.54) is 118 Å². The zero-order chi connectivity index (χ0) is 67.8. The minimum absolute atomic E-state index is 0.00116. The minimum atomic E-state index is -0.985. The number of thiophene rings is 4. The molecule has 17 rings (SSSR count). The van der Waals surface area contributed by atoms with E-state index in [9.17, 15) is 30.6 Å². The molecule has 0 fully saturated rings. The first-order chi connectivity index (χ1) is 48.2. The molecule has 4 aliphatic carbocycles. The van der Waals surface area contributed by atoms with Crippen LogP contribution in [-0.2, 0) is 17.3 Å². The predicted molar refractivity (Wildman–Crippen MR) is 404 cm³/mol. The molecule has 1 unspecified atom stereocenters. The van der Waals surface area contributed by atoms with Gasteiger partial charge in [0.1, 0.15) is 35.4 Å². The van der Waals surface area contributed by atoms with Gasteiger partial charge in [0.05, 0.1) is 16.2 Å². The van der Waals surface area contributed by atoms with Gasteiger partial charge in [-0.05, 0) is 186 Å². The Morgan fingerprint density at radius 2 is 0.869 bits per heavy atom. The maximum Gasteiger partial charge on any atom is 0.194 e. The van der Waals surface area contributed by atoms with Gasteiger partial charge in [-0.15, -0.1) is 45.3 Å². The van der Waals surface area contributed by atoms with Crippen LogP contribution < -0.4 is 0 Å². The molecule has 0 bridgehead atoms. The third-order valence-corrected chi connectivity index (χ3v) is 26.1. The number of hydrogen-bond acceptors (Lipinski definition) is 10. The first-order valence-electron chi connectivity index (χ1n) is 33.1. The highest BCUT2D eigenvalue weighted by Crippen LogP contribution is 2.66. The molecule has 6 nitrogen and oxygen atoms in total. The van der Waals surface area contributed by atoms with Gasteiger partial charge in [-0.2, -0.15) is 21.0 Å². The lowest BCUT2D eigenvalue weighted by Crippen LogP contribution is -2.30. The zero-order valence-electron chi connectivity index (χ0n) is 54.7. The molecule has 470 valence electrons. The molecule has 99 heavy (non-hydrogen) atoms. The summed E-state index contributed by atoms with van der Waals surface area (Å²) in [5.41, 5.74) is 20.3. The van der Waals surface area contributed by atoms with Crippen molar-refractivity contribution in [3.8, 4) is 66.0 Å². The molecule has 4 aliphatic rings. The second kappa shape index (κ2) is 23.3. The third-order valence-electron chi connectivity index (χ3n) is 21.2. The Labute approximate surface area is 590 Å². The van der Waals surface area contributed by atoms with Crippen LogP contribution in [0, 0.1) is 78.4 Å². The highest BCUT2D eigenvalue weighted by Gasteiger charge is 2.53. The van der Waals surface area contributed by atoms with Gasteiger partial charge in [-0.1, -0.05) is 192 Å². The molecule has 1 atom stereocenters. The van der Waals surface area contributed by atoms with E-state index in [0.717, 1.165) is 26.4 Å². The lowest BCUT2D eigenvalue weighted by Gasteiger charge is -2.35. The summed E-state index contributed by atoms with van der Waals surface area (Å²) in [6, 6.07) is 87.7. The number of Topliss-reactive ketones (excluding diaryl/α,β-unsaturated/α-hetero) is 2. The molecule has 9 aromatic carbocycles. The number of benzene rings is 9. The largest absolute Gasteiger partial charge is 0.293 e. The fraction of sp³-hybridized carbons (Fsp3) is 0.124. The molecular weight excluding hydrogens is 1290 g/mol. The Bertz CT molecular complexity index is 5850. The molecule has 0 saturated heterocycles. The van der Waals surface area contributed by atoms with E-state index < -0.39 is 16.2 Å². The molecular formula is C89H58N4O2S4. The zero-order valence-corrected chi connectivity index (χ0v) is 58.0. The van der Waals surface area contributed by atoms with Crippen molar-refractivity contribution in [1.29, 1.82) is 21.0 Å². The molecule has 0 aliphatic heterocycles. The fourth-order valence-electron chi connectivity index (χ4n) is 16.5. The monoisotopic (exact) mass is 1340 g/mol. The van der Waals surface area contributed by atoms with Crippen LogP contribution in [0.2, 0.25) is 0 Å². The topological polar surface area (TPSA) is 129 Å². The third kappa shape index (κ3) is 9.11. The minimum Gasteiger partial charge on any atom is -0.293 e. The quantitative estimate of drug-likeness (QED) is 0.0937. The van der Waals surface area contributed by atoms with Crippen molar-refractivity contribution in [1.82, 2.24) is 0 Å². The van der Waals surface area contributed by atoms with Crippen molar-refractivity contribution in [2.24, 2.45) is 5.41 Å². The Hall–Kier alpha value is -11.2. The summed E-state index contributed by atoms with van der Waals surface area (Å²) in [5.74, 6) is -0.234. The Balaban J connectivity index is 0.855. The Morgan fingerprint density at radius 3 is 1.35 bits per heavy atom. The van der Waals surface area contributed by atoms with Crippen LogP contribution in [0.4, 0.5) is 0 Å². The number of rotatable bonds is 11. The molecule has 4 aromatic heterocycles. The van der Waals surface area contributed by atoms with E-state index in [2.05, 4.69) is 216 Å². The average molecular weight is 1340 g/mol. The number of allylic oxidation sites excluding steroid dienone is 5. The molecule has 0 radical (unpaired) electrons. The van der Waals surface area contributed by atoms with Gasteiger partial charge in [-0.25, -0.2) is 0 Å². The normalized spacial score (nSPS) is 16.0. The predicted octanol–water partition coefficient (Wildman–Crippen LogP) is 22.6. The van der Waals surface area contributed by atoms with Gasteiger partial charge in [0.15, 0.2) is 11.6 Å². The lowest BCUT2D eigenvalue weighted by atomic mass is 9.65. The molecule has 10 heteroatoms. The molecule has 0 spiro atoms. The van der Waals surface area contributed by atoms with Crippen molar-refractivity contribution in [2.75, 3.05) is 0 Å². The van der Waals surface area contributed by atoms with E-state index in [-0.39, 0.29) is 22.7 Å². The van der Waals surface area contributed by atoms with Gasteiger partial charge in [0, 0.05) is 77.6 Å². The number of nitrogens with zero attached hydrogens (tertiary/aromatic N) is 4. The van der Waals surface area contributed by atoms with Crippen molar-refractivity contribution < 1.29 is 9.59 Å². The number of nitriles is 4. The van der Waals surface area contributed by atoms with Crippen molar-refractivity contribution >= 4 is 94.3 Å². The molecule has 13 aromatic rings. The van der Waals surface area contributed by atoms with E-state index in [0.29, 0.717) is 51.8 Å². The smallest absolute Gasteiger partial charge is 0.194 e. The Morgan fingerprint density at radius 1 is 0.424 bits per heavy atom. The number of fused-ring (bicyclic) bond motifs is 12. The maximum atomic E-state index is 14.2. The second-order valence-electron chi connectivity index (χ2n) is 26.9. The summed E-state index contributed by atoms with van der Waals surface area (Å²) >= 11 is 7.04. The molecule has 0 saturated carbocycles. The van der Waals surface area contributed by atoms with E-state index in [1.807, 2.05) is 72.9 Å². The highest BCUT2D eigenvalue weighted by atomic mass is 32.1. The van der Waals surface area contributed by atoms with Crippen LogP contribution in [0.3, 0.4) is 0 Å². The SMILES string of the molecule is Cc1ccc(C2(c3ccc(C)cc3)c3cc4c(cc3-c3c2ccc2cc(-c5ccc(/C=C6\C(=O)c7ccccc7C6=C(C#N)C#N)s5)sc32)C(c2ccc(C)cc2)(c2ccc(C)cc2)c2ccc3cc(-c5ccc(CCCC6(C)C(=O)c7ccccc7C6=C(C#N)C#N)s5)sc3c2-4)cc1. The number of carbonyl (C=O) groups excluding carboxylic acids is 2. The second-order valence-corrected chi connectivity index (χ2v) is 31.2. The lowest BCUT2D eigenvalue weighted by molar-refractivity contribution is 0.0880. The summed E-state index contributed by atoms with van der Waals surface area (Å²) in [4.78, 5) is 34.9. The van der Waals surface area contributed by atoms with Crippen LogP contribution in [-0.4, -0.2) is 11.6 Å². The van der Waals surface area contributed by atoms with Crippen LogP contribution in [0.5, 0.6) is 0 Å². The first kappa shape index (κ1) is 61.4. The molecule has 0 N–H and O–H groups in total. The summed E-state index contributed by atoms with van der Waals surface area (Å²) in [6.45, 7) is 10.6. The standard InChI is InChI=1S/C89H58N4O2S4/c1-50-16-26-58(27-17-50)88(59-28-18-51(2)19-29-59)71-36-24-54-41-77(75-38-34-62(96-75)11-10-40-87(5)82(57(48-92)49-93)65-13-7-9-15-67(65)86(87)95)98-84(54)80(71)68-44-74-69(45-73(68)88)81-72(89(74,60-30-20-52(3)21-31-60)61-32-22-53(4)23-33-61)37-25-55-42-78(99-85(55)81)76-39-35-63(97-76)43-70-79(56(46-90)47-91)64-12-6-8-14-66(64)83(70)94/h6-9,12-39,41-45H,10-11,40H2,1-5H3/b70-43-. The van der Waals surface area contributed by atoms with Gasteiger partial charge in [-0.3, -0.25) is 9.59 Å². The van der Waals surface area contributed by atoms with Crippen LogP contribution in [0.15, 0.2) is 235 Å². The van der Waals surface area contributed by atoms with Crippen LogP contribution in [0.1, 0.15) is 128 Å². The maximum absolute atomic E-state index is 14.2. The molecule has 0 amide bonds.